The number of hydrogen-bond acceptors (Lipinski definition) is 3. The van der Waals surface area contributed by atoms with E-state index in [9.17, 15) is 9.90 Å². The van der Waals surface area contributed by atoms with Gasteiger partial charge in [-0.1, -0.05) is 11.6 Å². The van der Waals surface area contributed by atoms with Crippen molar-refractivity contribution < 1.29 is 9.90 Å². The lowest BCUT2D eigenvalue weighted by molar-refractivity contribution is 0.0941. The van der Waals surface area contributed by atoms with Crippen LogP contribution in [-0.2, 0) is 0 Å². The quantitative estimate of drug-likeness (QED) is 0.847. The molecule has 0 fully saturated rings. The molecule has 4 nitrogen and oxygen atoms in total. The highest BCUT2D eigenvalue weighted by Crippen LogP contribution is 2.23. The average Bonchev–Trinajstić information content (AvgIpc) is 2.22. The zero-order valence-electron chi connectivity index (χ0n) is 8.70. The molecule has 1 atom stereocenters. The first-order valence-corrected chi connectivity index (χ1v) is 5.08. The van der Waals surface area contributed by atoms with Crippen LogP contribution in [0.4, 0.5) is 0 Å². The first-order valence-electron chi connectivity index (χ1n) is 4.71. The van der Waals surface area contributed by atoms with Crippen molar-refractivity contribution in [3.8, 4) is 11.8 Å². The summed E-state index contributed by atoms with van der Waals surface area (Å²) in [4.78, 5) is 11.6. The molecule has 1 amide bonds. The molecule has 1 aromatic rings. The number of hydrogen-bond donors (Lipinski definition) is 2. The smallest absolute Gasteiger partial charge is 0.251 e. The van der Waals surface area contributed by atoms with E-state index in [0.29, 0.717) is 5.56 Å². The number of nitriles is 1. The molecule has 5 heteroatoms. The minimum atomic E-state index is -0.315. The Bertz CT molecular complexity index is 440. The maximum atomic E-state index is 11.6. The van der Waals surface area contributed by atoms with E-state index in [1.54, 1.807) is 6.92 Å². The summed E-state index contributed by atoms with van der Waals surface area (Å²) in [6.45, 7) is 1.74. The van der Waals surface area contributed by atoms with Gasteiger partial charge in [-0.3, -0.25) is 4.79 Å². The van der Waals surface area contributed by atoms with Crippen molar-refractivity contribution in [2.45, 2.75) is 19.4 Å². The van der Waals surface area contributed by atoms with E-state index in [4.69, 9.17) is 16.9 Å². The minimum absolute atomic E-state index is 0.0664. The van der Waals surface area contributed by atoms with Crippen molar-refractivity contribution in [1.82, 2.24) is 5.32 Å². The Kier molecular flexibility index (Phi) is 4.15. The molecule has 16 heavy (non-hydrogen) atoms. The van der Waals surface area contributed by atoms with Gasteiger partial charge in [0.2, 0.25) is 0 Å². The van der Waals surface area contributed by atoms with Gasteiger partial charge in [0.25, 0.3) is 5.91 Å². The van der Waals surface area contributed by atoms with E-state index in [1.165, 1.54) is 18.2 Å². The number of halogens is 1. The summed E-state index contributed by atoms with van der Waals surface area (Å²) in [5.41, 5.74) is 0.354. The number of carbonyl (C=O) groups is 1. The molecule has 0 saturated carbocycles. The van der Waals surface area contributed by atoms with Crippen molar-refractivity contribution in [3.63, 3.8) is 0 Å². The van der Waals surface area contributed by atoms with Crippen molar-refractivity contribution in [2.75, 3.05) is 0 Å². The van der Waals surface area contributed by atoms with Gasteiger partial charge in [0, 0.05) is 11.6 Å². The Hall–Kier alpha value is -1.73. The summed E-state index contributed by atoms with van der Waals surface area (Å²) in [5, 5.41) is 20.4. The van der Waals surface area contributed by atoms with E-state index < -0.39 is 0 Å². The fourth-order valence-electron chi connectivity index (χ4n) is 1.14. The number of phenolic OH excluding ortho intramolecular Hbond substituents is 1. The van der Waals surface area contributed by atoms with Gasteiger partial charge in [-0.25, -0.2) is 0 Å². The van der Waals surface area contributed by atoms with Crippen molar-refractivity contribution in [2.24, 2.45) is 0 Å². The number of nitrogens with one attached hydrogen (secondary N) is 1. The number of amides is 1. The fourth-order valence-corrected chi connectivity index (χ4v) is 1.32. The van der Waals surface area contributed by atoms with Gasteiger partial charge in [0.1, 0.15) is 5.75 Å². The Morgan fingerprint density at radius 2 is 2.38 bits per heavy atom. The molecule has 0 spiro atoms. The van der Waals surface area contributed by atoms with Crippen LogP contribution in [0.15, 0.2) is 18.2 Å². The Morgan fingerprint density at radius 3 is 2.94 bits per heavy atom. The van der Waals surface area contributed by atoms with E-state index in [1.807, 2.05) is 6.07 Å². The van der Waals surface area contributed by atoms with Crippen LogP contribution in [0.25, 0.3) is 0 Å². The number of nitrogens with zero attached hydrogens (tertiary/aromatic N) is 1. The van der Waals surface area contributed by atoms with Crippen molar-refractivity contribution in [3.05, 3.63) is 28.8 Å². The van der Waals surface area contributed by atoms with Crippen LogP contribution in [0.5, 0.6) is 5.75 Å². The Labute approximate surface area is 98.5 Å². The van der Waals surface area contributed by atoms with Gasteiger partial charge in [-0.05, 0) is 25.1 Å². The van der Waals surface area contributed by atoms with Crippen LogP contribution >= 0.6 is 11.6 Å². The van der Waals surface area contributed by atoms with Crippen LogP contribution < -0.4 is 5.32 Å². The Balaban J connectivity index is 2.74. The molecule has 0 aliphatic heterocycles. The minimum Gasteiger partial charge on any atom is -0.506 e. The van der Waals surface area contributed by atoms with Crippen LogP contribution in [0.3, 0.4) is 0 Å². The first kappa shape index (κ1) is 12.3. The van der Waals surface area contributed by atoms with Gasteiger partial charge >= 0.3 is 0 Å². The average molecular weight is 239 g/mol. The predicted octanol–water partition coefficient (Wildman–Crippen LogP) is 2.08. The van der Waals surface area contributed by atoms with Gasteiger partial charge in [-0.15, -0.1) is 0 Å². The zero-order valence-corrected chi connectivity index (χ0v) is 9.45. The van der Waals surface area contributed by atoms with Gasteiger partial charge in [0.05, 0.1) is 17.5 Å². The molecule has 1 unspecified atom stereocenters. The normalized spacial score (nSPS) is 11.6. The lowest BCUT2D eigenvalue weighted by Gasteiger charge is -2.10. The summed E-state index contributed by atoms with van der Waals surface area (Å²) in [5.74, 6) is -0.382. The molecular weight excluding hydrogens is 228 g/mol. The fraction of sp³-hybridized carbons (Fsp3) is 0.273. The van der Waals surface area contributed by atoms with E-state index in [-0.39, 0.29) is 29.1 Å². The number of benzene rings is 1. The zero-order chi connectivity index (χ0) is 12.1. The summed E-state index contributed by atoms with van der Waals surface area (Å²) >= 11 is 5.67. The summed E-state index contributed by atoms with van der Waals surface area (Å²) < 4.78 is 0. The van der Waals surface area contributed by atoms with Gasteiger partial charge in [0.15, 0.2) is 0 Å². The molecule has 2 N–H and O–H groups in total. The molecule has 0 aliphatic rings. The predicted molar refractivity (Wildman–Crippen MR) is 60.3 cm³/mol. The molecule has 1 rings (SSSR count). The number of carbonyl (C=O) groups excluding carboxylic acids is 1. The molecule has 84 valence electrons. The topological polar surface area (TPSA) is 73.1 Å². The lowest BCUT2D eigenvalue weighted by Crippen LogP contribution is -2.32. The lowest BCUT2D eigenvalue weighted by atomic mass is 10.2. The van der Waals surface area contributed by atoms with Gasteiger partial charge < -0.3 is 10.4 Å². The van der Waals surface area contributed by atoms with Crippen LogP contribution in [0.1, 0.15) is 23.7 Å². The molecule has 1 aromatic carbocycles. The number of aromatic hydroxyl groups is 1. The second kappa shape index (κ2) is 5.38. The molecule has 0 bridgehead atoms. The van der Waals surface area contributed by atoms with Gasteiger partial charge in [-0.2, -0.15) is 5.26 Å². The molecule has 0 saturated heterocycles. The number of phenols is 1. The molecular formula is C11H11ClN2O2. The summed E-state index contributed by atoms with van der Waals surface area (Å²) in [6.07, 6.45) is 0.248. The first-order chi connectivity index (χ1) is 7.54. The number of rotatable bonds is 3. The standard InChI is InChI=1S/C11H11ClN2O2/c1-7(4-5-13)14-11(16)8-2-3-10(15)9(12)6-8/h2-3,6-7,15H,4H2,1H3,(H,14,16). The summed E-state index contributed by atoms with van der Waals surface area (Å²) in [7, 11) is 0. The SMILES string of the molecule is CC(CC#N)NC(=O)c1ccc(O)c(Cl)c1. The van der Waals surface area contributed by atoms with E-state index >= 15 is 0 Å². The highest BCUT2D eigenvalue weighted by atomic mass is 35.5. The van der Waals surface area contributed by atoms with E-state index in [0.717, 1.165) is 0 Å². The van der Waals surface area contributed by atoms with Crippen LogP contribution in [0, 0.1) is 11.3 Å². The molecule has 0 aromatic heterocycles. The second-order valence-electron chi connectivity index (χ2n) is 3.40. The summed E-state index contributed by atoms with van der Waals surface area (Å²) in [6, 6.07) is 5.95. The maximum absolute atomic E-state index is 11.6. The van der Waals surface area contributed by atoms with Crippen LogP contribution in [0.2, 0.25) is 5.02 Å². The van der Waals surface area contributed by atoms with Crippen LogP contribution in [-0.4, -0.2) is 17.1 Å². The third-order valence-electron chi connectivity index (χ3n) is 1.98. The molecule has 0 aliphatic carbocycles. The largest absolute Gasteiger partial charge is 0.506 e. The van der Waals surface area contributed by atoms with Crippen molar-refractivity contribution >= 4 is 17.5 Å². The Morgan fingerprint density at radius 1 is 1.69 bits per heavy atom. The highest BCUT2D eigenvalue weighted by Gasteiger charge is 2.10. The third kappa shape index (κ3) is 3.14. The maximum Gasteiger partial charge on any atom is 0.251 e. The monoisotopic (exact) mass is 238 g/mol. The van der Waals surface area contributed by atoms with E-state index in [2.05, 4.69) is 5.32 Å². The third-order valence-corrected chi connectivity index (χ3v) is 2.29. The molecule has 0 radical (unpaired) electrons. The second-order valence-corrected chi connectivity index (χ2v) is 3.81. The van der Waals surface area contributed by atoms with Crippen molar-refractivity contribution in [1.29, 1.82) is 5.26 Å². The highest BCUT2D eigenvalue weighted by molar-refractivity contribution is 6.32. The molecule has 0 heterocycles.